The van der Waals surface area contributed by atoms with Crippen LogP contribution < -0.4 is 0 Å². The molecule has 0 aromatic carbocycles. The Balaban J connectivity index is 1.47. The number of esters is 1. The molecule has 9 nitrogen and oxygen atoms in total. The van der Waals surface area contributed by atoms with Crippen LogP contribution >= 0.6 is 0 Å². The molecule has 0 saturated carbocycles. The lowest BCUT2D eigenvalue weighted by atomic mass is 9.97. The number of aliphatic hydroxyl groups excluding tert-OH is 5. The molecule has 0 aliphatic carbocycles. The standard InChI is InChI=1S/C35H64O9/c1-3-4-5-6-7-8-9-10-11-15-18-30(38)31(39)20-21-32(40)33-22-19-29(43-33)24-28(37)17-14-12-13-16-27(36)23-26-25-35(2,42)44-34(26)41/h25,27-33,36-40,42H,3-24H2,1-2H3/t27-,28-,29+,30+,31-,32+,33+,35+/m1/s1. The molecule has 2 aliphatic rings. The van der Waals surface area contributed by atoms with Crippen LogP contribution in [0.4, 0.5) is 0 Å². The predicted molar refractivity (Wildman–Crippen MR) is 171 cm³/mol. The second-order valence-corrected chi connectivity index (χ2v) is 13.6. The normalized spacial score (nSPS) is 25.5. The van der Waals surface area contributed by atoms with Crippen LogP contribution in [0.25, 0.3) is 0 Å². The van der Waals surface area contributed by atoms with Gasteiger partial charge in [0.2, 0.25) is 5.79 Å². The van der Waals surface area contributed by atoms with Crippen molar-refractivity contribution in [3.8, 4) is 0 Å². The number of hydrogen-bond donors (Lipinski definition) is 6. The molecule has 9 heteroatoms. The van der Waals surface area contributed by atoms with Crippen LogP contribution in [0, 0.1) is 0 Å². The van der Waals surface area contributed by atoms with E-state index in [0.717, 1.165) is 38.5 Å². The summed E-state index contributed by atoms with van der Waals surface area (Å²) < 4.78 is 10.8. The smallest absolute Gasteiger partial charge is 0.336 e. The molecule has 0 amide bonds. The van der Waals surface area contributed by atoms with Gasteiger partial charge in [0.05, 0.1) is 42.7 Å². The maximum atomic E-state index is 11.7. The van der Waals surface area contributed by atoms with Crippen LogP contribution in [0.5, 0.6) is 0 Å². The van der Waals surface area contributed by atoms with Gasteiger partial charge in [-0.15, -0.1) is 0 Å². The number of rotatable bonds is 26. The first-order valence-corrected chi connectivity index (χ1v) is 17.7. The molecule has 0 radical (unpaired) electrons. The molecule has 2 rings (SSSR count). The van der Waals surface area contributed by atoms with E-state index >= 15 is 0 Å². The lowest BCUT2D eigenvalue weighted by Crippen LogP contribution is -2.31. The van der Waals surface area contributed by atoms with Gasteiger partial charge < -0.3 is 40.1 Å². The van der Waals surface area contributed by atoms with E-state index in [0.29, 0.717) is 50.5 Å². The maximum absolute atomic E-state index is 11.7. The van der Waals surface area contributed by atoms with Gasteiger partial charge in [0.25, 0.3) is 0 Å². The highest BCUT2D eigenvalue weighted by Crippen LogP contribution is 2.29. The molecule has 1 fully saturated rings. The van der Waals surface area contributed by atoms with Crippen molar-refractivity contribution in [2.45, 2.75) is 204 Å². The zero-order valence-corrected chi connectivity index (χ0v) is 27.6. The third-order valence-electron chi connectivity index (χ3n) is 9.19. The molecule has 6 N–H and O–H groups in total. The average molecular weight is 629 g/mol. The minimum atomic E-state index is -1.60. The second-order valence-electron chi connectivity index (χ2n) is 13.6. The molecule has 8 atom stereocenters. The van der Waals surface area contributed by atoms with Crippen molar-refractivity contribution in [3.63, 3.8) is 0 Å². The summed E-state index contributed by atoms with van der Waals surface area (Å²) in [6.07, 6.45) is 16.8. The molecule has 258 valence electrons. The molecule has 44 heavy (non-hydrogen) atoms. The van der Waals surface area contributed by atoms with Gasteiger partial charge in [0.15, 0.2) is 0 Å². The highest BCUT2D eigenvalue weighted by atomic mass is 16.7. The summed E-state index contributed by atoms with van der Waals surface area (Å²) in [6.45, 7) is 3.62. The Morgan fingerprint density at radius 2 is 1.30 bits per heavy atom. The van der Waals surface area contributed by atoms with Gasteiger partial charge >= 0.3 is 5.97 Å². The lowest BCUT2D eigenvalue weighted by Gasteiger charge is -2.23. The Morgan fingerprint density at radius 1 is 0.750 bits per heavy atom. The van der Waals surface area contributed by atoms with Crippen LogP contribution in [0.15, 0.2) is 11.6 Å². The number of carbonyl (C=O) groups is 1. The zero-order chi connectivity index (χ0) is 32.4. The molecular formula is C35H64O9. The highest BCUT2D eigenvalue weighted by Gasteiger charge is 2.34. The molecule has 2 heterocycles. The number of carbonyl (C=O) groups excluding carboxylic acids is 1. The van der Waals surface area contributed by atoms with E-state index in [-0.39, 0.29) is 18.6 Å². The Morgan fingerprint density at radius 3 is 1.91 bits per heavy atom. The fourth-order valence-corrected chi connectivity index (χ4v) is 6.46. The van der Waals surface area contributed by atoms with Crippen LogP contribution in [0.3, 0.4) is 0 Å². The first-order valence-electron chi connectivity index (χ1n) is 17.7. The van der Waals surface area contributed by atoms with Crippen molar-refractivity contribution in [2.75, 3.05) is 0 Å². The largest absolute Gasteiger partial charge is 0.426 e. The van der Waals surface area contributed by atoms with Crippen LogP contribution in [-0.4, -0.2) is 85.1 Å². The van der Waals surface area contributed by atoms with Gasteiger partial charge in [-0.05, 0) is 57.4 Å². The average Bonchev–Trinajstić information content (AvgIpc) is 3.54. The summed E-state index contributed by atoms with van der Waals surface area (Å²) in [5, 5.41) is 61.8. The van der Waals surface area contributed by atoms with Crippen molar-refractivity contribution in [2.24, 2.45) is 0 Å². The maximum Gasteiger partial charge on any atom is 0.336 e. The fourth-order valence-electron chi connectivity index (χ4n) is 6.46. The summed E-state index contributed by atoms with van der Waals surface area (Å²) in [5.74, 6) is -2.19. The van der Waals surface area contributed by atoms with Gasteiger partial charge in [-0.2, -0.15) is 0 Å². The van der Waals surface area contributed by atoms with Crippen LogP contribution in [0.1, 0.15) is 155 Å². The minimum Gasteiger partial charge on any atom is -0.426 e. The Labute approximate surface area is 266 Å². The van der Waals surface area contributed by atoms with E-state index in [1.165, 1.54) is 64.4 Å². The summed E-state index contributed by atoms with van der Waals surface area (Å²) >= 11 is 0. The number of aliphatic hydroxyl groups is 6. The molecule has 1 saturated heterocycles. The molecule has 0 aromatic rings. The van der Waals surface area contributed by atoms with Crippen LogP contribution in [-0.2, 0) is 14.3 Å². The van der Waals surface area contributed by atoms with E-state index in [9.17, 15) is 35.4 Å². The lowest BCUT2D eigenvalue weighted by molar-refractivity contribution is -0.173. The minimum absolute atomic E-state index is 0.102. The molecule has 0 unspecified atom stereocenters. The fraction of sp³-hybridized carbons (Fsp3) is 0.914. The van der Waals surface area contributed by atoms with E-state index in [1.54, 1.807) is 0 Å². The molecule has 2 aliphatic heterocycles. The Kier molecular flexibility index (Phi) is 19.3. The molecule has 0 aromatic heterocycles. The Bertz CT molecular complexity index is 801. The first kappa shape index (κ1) is 39.1. The monoisotopic (exact) mass is 628 g/mol. The van der Waals surface area contributed by atoms with E-state index in [2.05, 4.69) is 6.92 Å². The SMILES string of the molecule is CCCCCCCCCCCC[C@H](O)[C@H](O)CC[C@H](O)[C@@H]1CC[C@@H](C[C@H](O)CCCCC[C@@H](O)CC2=C[C@@](C)(O)OC2=O)O1. The summed E-state index contributed by atoms with van der Waals surface area (Å²) in [4.78, 5) is 11.7. The summed E-state index contributed by atoms with van der Waals surface area (Å²) in [6, 6.07) is 0. The van der Waals surface area contributed by atoms with Crippen LogP contribution in [0.2, 0.25) is 0 Å². The van der Waals surface area contributed by atoms with Crippen molar-refractivity contribution in [3.05, 3.63) is 11.6 Å². The highest BCUT2D eigenvalue weighted by molar-refractivity contribution is 5.91. The quantitative estimate of drug-likeness (QED) is 0.0549. The van der Waals surface area contributed by atoms with Gasteiger partial charge in [0, 0.05) is 18.9 Å². The van der Waals surface area contributed by atoms with Crippen molar-refractivity contribution in [1.82, 2.24) is 0 Å². The number of ether oxygens (including phenoxy) is 2. The molecule has 0 spiro atoms. The predicted octanol–water partition coefficient (Wildman–Crippen LogP) is 5.35. The van der Waals surface area contributed by atoms with Gasteiger partial charge in [-0.1, -0.05) is 90.4 Å². The van der Waals surface area contributed by atoms with Crippen molar-refractivity contribution in [1.29, 1.82) is 0 Å². The number of hydrogen-bond acceptors (Lipinski definition) is 9. The third-order valence-corrected chi connectivity index (χ3v) is 9.19. The topological polar surface area (TPSA) is 157 Å². The zero-order valence-electron chi connectivity index (χ0n) is 27.6. The summed E-state index contributed by atoms with van der Waals surface area (Å²) in [5.41, 5.74) is 0.297. The van der Waals surface area contributed by atoms with Crippen molar-refractivity contribution >= 4 is 5.97 Å². The first-order chi connectivity index (χ1) is 21.0. The number of cyclic esters (lactones) is 1. The third kappa shape index (κ3) is 16.5. The molecular weight excluding hydrogens is 564 g/mol. The Hall–Kier alpha value is -1.07. The van der Waals surface area contributed by atoms with E-state index in [1.807, 2.05) is 0 Å². The molecule has 0 bridgehead atoms. The van der Waals surface area contributed by atoms with Gasteiger partial charge in [-0.25, -0.2) is 4.79 Å². The summed E-state index contributed by atoms with van der Waals surface area (Å²) in [7, 11) is 0. The number of unbranched alkanes of at least 4 members (excludes halogenated alkanes) is 11. The second kappa shape index (κ2) is 21.7. The van der Waals surface area contributed by atoms with Gasteiger partial charge in [-0.3, -0.25) is 0 Å². The van der Waals surface area contributed by atoms with E-state index in [4.69, 9.17) is 9.47 Å². The van der Waals surface area contributed by atoms with Crippen molar-refractivity contribution < 1.29 is 44.9 Å². The van der Waals surface area contributed by atoms with Gasteiger partial charge in [0.1, 0.15) is 0 Å². The van der Waals surface area contributed by atoms with E-state index < -0.39 is 42.3 Å².